The lowest BCUT2D eigenvalue weighted by atomic mass is 10.0. The second-order valence-corrected chi connectivity index (χ2v) is 4.44. The first-order chi connectivity index (χ1) is 7.99. The third kappa shape index (κ3) is 2.13. The molecule has 2 rings (SSSR count). The van der Waals surface area contributed by atoms with Gasteiger partial charge in [-0.15, -0.1) is 0 Å². The van der Waals surface area contributed by atoms with E-state index in [-0.39, 0.29) is 5.56 Å². The quantitative estimate of drug-likeness (QED) is 0.815. The Morgan fingerprint density at radius 3 is 2.47 bits per heavy atom. The molecule has 1 aromatic carbocycles. The molecule has 0 saturated carbocycles. The Morgan fingerprint density at radius 1 is 1.12 bits per heavy atom. The first kappa shape index (κ1) is 11.6. The summed E-state index contributed by atoms with van der Waals surface area (Å²) in [6, 6.07) is 6.14. The van der Waals surface area contributed by atoms with Crippen LogP contribution < -0.4 is 5.56 Å². The van der Waals surface area contributed by atoms with Gasteiger partial charge in [0.1, 0.15) is 5.82 Å². The van der Waals surface area contributed by atoms with Crippen LogP contribution in [0, 0.1) is 27.7 Å². The van der Waals surface area contributed by atoms with Gasteiger partial charge in [-0.25, -0.2) is 4.98 Å². The molecule has 1 aromatic heterocycles. The third-order valence-corrected chi connectivity index (χ3v) is 3.04. The number of nitrogens with one attached hydrogen (secondary N) is 1. The molecule has 0 unspecified atom stereocenters. The molecule has 0 aliphatic heterocycles. The molecule has 1 heterocycles. The van der Waals surface area contributed by atoms with Crippen molar-refractivity contribution in [3.05, 3.63) is 50.9 Å². The molecule has 88 valence electrons. The number of aryl methyl sites for hydroxylation is 3. The summed E-state index contributed by atoms with van der Waals surface area (Å²) in [4.78, 5) is 19.0. The zero-order valence-electron chi connectivity index (χ0n) is 10.6. The molecule has 0 amide bonds. The predicted molar refractivity (Wildman–Crippen MR) is 69.2 cm³/mol. The van der Waals surface area contributed by atoms with Crippen molar-refractivity contribution in [1.82, 2.24) is 9.97 Å². The monoisotopic (exact) mass is 228 g/mol. The van der Waals surface area contributed by atoms with Gasteiger partial charge in [0.05, 0.1) is 0 Å². The molecule has 0 atom stereocenters. The van der Waals surface area contributed by atoms with Crippen LogP contribution in [0.3, 0.4) is 0 Å². The molecular formula is C14H16N2O. The Hall–Kier alpha value is -1.90. The van der Waals surface area contributed by atoms with E-state index in [1.165, 1.54) is 0 Å². The van der Waals surface area contributed by atoms with E-state index in [0.717, 1.165) is 22.4 Å². The van der Waals surface area contributed by atoms with Crippen molar-refractivity contribution >= 4 is 0 Å². The van der Waals surface area contributed by atoms with Gasteiger partial charge in [-0.1, -0.05) is 17.7 Å². The molecule has 3 heteroatoms. The van der Waals surface area contributed by atoms with Gasteiger partial charge >= 0.3 is 0 Å². The molecule has 0 saturated heterocycles. The summed E-state index contributed by atoms with van der Waals surface area (Å²) in [5, 5.41) is 0. The van der Waals surface area contributed by atoms with Crippen molar-refractivity contribution in [3.63, 3.8) is 0 Å². The maximum absolute atomic E-state index is 11.7. The van der Waals surface area contributed by atoms with E-state index in [0.29, 0.717) is 11.4 Å². The van der Waals surface area contributed by atoms with Gasteiger partial charge < -0.3 is 4.98 Å². The van der Waals surface area contributed by atoms with E-state index in [2.05, 4.69) is 16.0 Å². The molecule has 0 aliphatic carbocycles. The molecule has 0 aliphatic rings. The largest absolute Gasteiger partial charge is 0.306 e. The first-order valence-corrected chi connectivity index (χ1v) is 5.64. The van der Waals surface area contributed by atoms with Crippen molar-refractivity contribution in [2.45, 2.75) is 27.7 Å². The lowest BCUT2D eigenvalue weighted by Gasteiger charge is -2.08. The highest BCUT2D eigenvalue weighted by Gasteiger charge is 2.08. The van der Waals surface area contributed by atoms with E-state index in [1.807, 2.05) is 32.9 Å². The minimum atomic E-state index is -0.0617. The predicted octanol–water partition coefficient (Wildman–Crippen LogP) is 2.67. The van der Waals surface area contributed by atoms with Crippen molar-refractivity contribution in [2.75, 3.05) is 0 Å². The molecule has 1 N–H and O–H groups in total. The number of aromatic amines is 1. The molecule has 0 spiro atoms. The SMILES string of the molecule is Cc1ccc(C)c(-c2nc(C)c(C)c(=O)[nH]2)c1. The fourth-order valence-electron chi connectivity index (χ4n) is 1.76. The number of hydrogen-bond acceptors (Lipinski definition) is 2. The van der Waals surface area contributed by atoms with Crippen molar-refractivity contribution in [1.29, 1.82) is 0 Å². The fourth-order valence-corrected chi connectivity index (χ4v) is 1.76. The number of nitrogens with zero attached hydrogens (tertiary/aromatic N) is 1. The minimum absolute atomic E-state index is 0.0617. The molecule has 0 radical (unpaired) electrons. The highest BCUT2D eigenvalue weighted by Crippen LogP contribution is 2.20. The van der Waals surface area contributed by atoms with Gasteiger partial charge in [0.2, 0.25) is 0 Å². The lowest BCUT2D eigenvalue weighted by Crippen LogP contribution is -2.14. The maximum Gasteiger partial charge on any atom is 0.254 e. The summed E-state index contributed by atoms with van der Waals surface area (Å²) < 4.78 is 0. The van der Waals surface area contributed by atoms with E-state index >= 15 is 0 Å². The summed E-state index contributed by atoms with van der Waals surface area (Å²) in [5.74, 6) is 0.652. The van der Waals surface area contributed by atoms with Crippen molar-refractivity contribution < 1.29 is 0 Å². The third-order valence-electron chi connectivity index (χ3n) is 3.04. The topological polar surface area (TPSA) is 45.8 Å². The highest BCUT2D eigenvalue weighted by molar-refractivity contribution is 5.61. The Kier molecular flexibility index (Phi) is 2.84. The van der Waals surface area contributed by atoms with Gasteiger partial charge in [0.15, 0.2) is 0 Å². The average molecular weight is 228 g/mol. The van der Waals surface area contributed by atoms with Crippen LogP contribution in [-0.2, 0) is 0 Å². The highest BCUT2D eigenvalue weighted by atomic mass is 16.1. The van der Waals surface area contributed by atoms with Crippen molar-refractivity contribution in [3.8, 4) is 11.4 Å². The number of aromatic nitrogens is 2. The second-order valence-electron chi connectivity index (χ2n) is 4.44. The van der Waals surface area contributed by atoms with Crippen LogP contribution in [0.15, 0.2) is 23.0 Å². The first-order valence-electron chi connectivity index (χ1n) is 5.64. The minimum Gasteiger partial charge on any atom is -0.306 e. The molecular weight excluding hydrogens is 212 g/mol. The lowest BCUT2D eigenvalue weighted by molar-refractivity contribution is 1.03. The van der Waals surface area contributed by atoms with Gasteiger partial charge in [0, 0.05) is 16.8 Å². The Bertz CT molecular complexity index is 627. The smallest absolute Gasteiger partial charge is 0.254 e. The van der Waals surface area contributed by atoms with Crippen LogP contribution in [-0.4, -0.2) is 9.97 Å². The molecule has 0 bridgehead atoms. The van der Waals surface area contributed by atoms with Gasteiger partial charge in [0.25, 0.3) is 5.56 Å². The summed E-state index contributed by atoms with van der Waals surface area (Å²) in [5.41, 5.74) is 4.66. The summed E-state index contributed by atoms with van der Waals surface area (Å²) in [6.07, 6.45) is 0. The van der Waals surface area contributed by atoms with E-state index < -0.39 is 0 Å². The van der Waals surface area contributed by atoms with Crippen LogP contribution in [0.1, 0.15) is 22.4 Å². The average Bonchev–Trinajstić information content (AvgIpc) is 2.28. The number of rotatable bonds is 1. The number of hydrogen-bond donors (Lipinski definition) is 1. The summed E-state index contributed by atoms with van der Waals surface area (Å²) >= 11 is 0. The Balaban J connectivity index is 2.69. The molecule has 2 aromatic rings. The zero-order valence-corrected chi connectivity index (χ0v) is 10.6. The Labute approximate surface area is 101 Å². The second kappa shape index (κ2) is 4.17. The van der Waals surface area contributed by atoms with Crippen LogP contribution in [0.5, 0.6) is 0 Å². The van der Waals surface area contributed by atoms with E-state index in [9.17, 15) is 4.79 Å². The molecule has 17 heavy (non-hydrogen) atoms. The maximum atomic E-state index is 11.7. The van der Waals surface area contributed by atoms with Gasteiger partial charge in [-0.2, -0.15) is 0 Å². The molecule has 3 nitrogen and oxygen atoms in total. The molecule has 0 fully saturated rings. The zero-order chi connectivity index (χ0) is 12.6. The van der Waals surface area contributed by atoms with Gasteiger partial charge in [-0.05, 0) is 39.3 Å². The van der Waals surface area contributed by atoms with Crippen LogP contribution >= 0.6 is 0 Å². The number of H-pyrrole nitrogens is 1. The van der Waals surface area contributed by atoms with Crippen LogP contribution in [0.4, 0.5) is 0 Å². The van der Waals surface area contributed by atoms with Crippen LogP contribution in [0.25, 0.3) is 11.4 Å². The van der Waals surface area contributed by atoms with E-state index in [1.54, 1.807) is 6.92 Å². The standard InChI is InChI=1S/C14H16N2O/c1-8-5-6-9(2)12(7-8)13-15-11(4)10(3)14(17)16-13/h5-7H,1-4H3,(H,15,16,17). The summed E-state index contributed by atoms with van der Waals surface area (Å²) in [7, 11) is 0. The van der Waals surface area contributed by atoms with E-state index in [4.69, 9.17) is 0 Å². The van der Waals surface area contributed by atoms with Crippen LogP contribution in [0.2, 0.25) is 0 Å². The van der Waals surface area contributed by atoms with Gasteiger partial charge in [-0.3, -0.25) is 4.79 Å². The summed E-state index contributed by atoms with van der Waals surface area (Å²) in [6.45, 7) is 7.69. The Morgan fingerprint density at radius 2 is 1.82 bits per heavy atom. The number of benzene rings is 1. The van der Waals surface area contributed by atoms with Crippen molar-refractivity contribution in [2.24, 2.45) is 0 Å². The fraction of sp³-hybridized carbons (Fsp3) is 0.286. The normalized spacial score (nSPS) is 10.6.